The summed E-state index contributed by atoms with van der Waals surface area (Å²) < 4.78 is 13.7. The molecule has 80 valence electrons. The first-order valence-corrected chi connectivity index (χ1v) is 5.28. The minimum absolute atomic E-state index is 0.0903. The molecule has 0 amide bonds. The van der Waals surface area contributed by atoms with E-state index in [4.69, 9.17) is 5.11 Å². The Balaban J connectivity index is 1.96. The van der Waals surface area contributed by atoms with Gasteiger partial charge in [-0.3, -0.25) is 4.90 Å². The number of hydrogen-bond acceptors (Lipinski definition) is 2. The molecule has 1 saturated carbocycles. The molecule has 14 heavy (non-hydrogen) atoms. The van der Waals surface area contributed by atoms with Crippen LogP contribution in [0.25, 0.3) is 0 Å². The second-order valence-electron chi connectivity index (χ2n) is 4.43. The maximum absolute atomic E-state index is 13.7. The molecular formula is C10H16FNO2. The summed E-state index contributed by atoms with van der Waals surface area (Å²) in [6.45, 7) is 0.695. The van der Waals surface area contributed by atoms with Crippen molar-refractivity contribution in [2.75, 3.05) is 13.1 Å². The Morgan fingerprint density at radius 2 is 2.07 bits per heavy atom. The Morgan fingerprint density at radius 1 is 1.43 bits per heavy atom. The van der Waals surface area contributed by atoms with Gasteiger partial charge in [0.15, 0.2) is 0 Å². The smallest absolute Gasteiger partial charge is 0.342 e. The van der Waals surface area contributed by atoms with Gasteiger partial charge in [-0.15, -0.1) is 0 Å². The highest BCUT2D eigenvalue weighted by atomic mass is 19.1. The van der Waals surface area contributed by atoms with Crippen LogP contribution in [0.4, 0.5) is 4.39 Å². The van der Waals surface area contributed by atoms with Crippen LogP contribution in [-0.4, -0.2) is 40.8 Å². The van der Waals surface area contributed by atoms with E-state index in [9.17, 15) is 9.18 Å². The molecule has 2 aliphatic rings. The van der Waals surface area contributed by atoms with Gasteiger partial charge in [-0.2, -0.15) is 0 Å². The van der Waals surface area contributed by atoms with Gasteiger partial charge in [0, 0.05) is 25.6 Å². The van der Waals surface area contributed by atoms with Crippen molar-refractivity contribution in [3.05, 3.63) is 0 Å². The lowest BCUT2D eigenvalue weighted by Gasteiger charge is -2.23. The van der Waals surface area contributed by atoms with Crippen molar-refractivity contribution in [2.24, 2.45) is 0 Å². The maximum atomic E-state index is 13.7. The van der Waals surface area contributed by atoms with Crippen LogP contribution in [0.15, 0.2) is 0 Å². The Hall–Kier alpha value is -0.640. The lowest BCUT2D eigenvalue weighted by Crippen LogP contribution is -2.39. The van der Waals surface area contributed by atoms with Crippen molar-refractivity contribution >= 4 is 5.97 Å². The zero-order valence-corrected chi connectivity index (χ0v) is 8.21. The Bertz CT molecular complexity index is 240. The lowest BCUT2D eigenvalue weighted by molar-refractivity contribution is -0.150. The summed E-state index contributed by atoms with van der Waals surface area (Å²) in [6, 6.07) is 0.437. The third kappa shape index (κ3) is 1.63. The van der Waals surface area contributed by atoms with E-state index in [1.54, 1.807) is 0 Å². The molecule has 1 saturated heterocycles. The summed E-state index contributed by atoms with van der Waals surface area (Å²) >= 11 is 0. The largest absolute Gasteiger partial charge is 0.479 e. The first-order valence-electron chi connectivity index (χ1n) is 5.28. The van der Waals surface area contributed by atoms with E-state index in [0.717, 1.165) is 12.8 Å². The fraction of sp³-hybridized carbons (Fsp3) is 0.900. The van der Waals surface area contributed by atoms with Crippen molar-refractivity contribution in [3.8, 4) is 0 Å². The van der Waals surface area contributed by atoms with Crippen LogP contribution >= 0.6 is 0 Å². The highest BCUT2D eigenvalue weighted by Gasteiger charge is 2.47. The average Bonchev–Trinajstić information content (AvgIpc) is 2.72. The fourth-order valence-corrected chi connectivity index (χ4v) is 2.56. The summed E-state index contributed by atoms with van der Waals surface area (Å²) in [4.78, 5) is 12.7. The molecule has 0 aromatic carbocycles. The van der Waals surface area contributed by atoms with Gasteiger partial charge in [0.2, 0.25) is 5.67 Å². The van der Waals surface area contributed by atoms with Crippen molar-refractivity contribution in [1.29, 1.82) is 0 Å². The quantitative estimate of drug-likeness (QED) is 0.734. The molecule has 1 unspecified atom stereocenters. The predicted octanol–water partition coefficient (Wildman–Crippen LogP) is 1.43. The number of likely N-dealkylation sites (tertiary alicyclic amines) is 1. The molecule has 1 N–H and O–H groups in total. The van der Waals surface area contributed by atoms with Crippen LogP contribution in [0.5, 0.6) is 0 Å². The van der Waals surface area contributed by atoms with Gasteiger partial charge < -0.3 is 5.11 Å². The van der Waals surface area contributed by atoms with Gasteiger partial charge in [0.05, 0.1) is 0 Å². The molecule has 2 rings (SSSR count). The van der Waals surface area contributed by atoms with E-state index in [2.05, 4.69) is 0 Å². The number of rotatable bonds is 2. The number of alkyl halides is 1. The molecule has 4 heteroatoms. The average molecular weight is 201 g/mol. The Labute approximate surface area is 82.9 Å². The topological polar surface area (TPSA) is 40.5 Å². The van der Waals surface area contributed by atoms with Crippen LogP contribution in [0.1, 0.15) is 32.1 Å². The number of nitrogens with zero attached hydrogens (tertiary/aromatic N) is 1. The van der Waals surface area contributed by atoms with Crippen LogP contribution in [0.2, 0.25) is 0 Å². The van der Waals surface area contributed by atoms with Crippen LogP contribution in [0.3, 0.4) is 0 Å². The summed E-state index contributed by atoms with van der Waals surface area (Å²) in [5, 5.41) is 8.73. The van der Waals surface area contributed by atoms with Crippen molar-refractivity contribution in [2.45, 2.75) is 43.8 Å². The van der Waals surface area contributed by atoms with E-state index in [0.29, 0.717) is 12.6 Å². The number of carbonyl (C=O) groups is 1. The highest BCUT2D eigenvalue weighted by molar-refractivity contribution is 5.78. The SMILES string of the molecule is O=C(O)C1(F)CCN(C2CCCC2)C1. The molecule has 0 spiro atoms. The maximum Gasteiger partial charge on any atom is 0.342 e. The number of carboxylic acids is 1. The molecule has 3 nitrogen and oxygen atoms in total. The van der Waals surface area contributed by atoms with Crippen LogP contribution < -0.4 is 0 Å². The highest BCUT2D eigenvalue weighted by Crippen LogP contribution is 2.32. The van der Waals surface area contributed by atoms with E-state index >= 15 is 0 Å². The molecular weight excluding hydrogens is 185 g/mol. The minimum Gasteiger partial charge on any atom is -0.479 e. The molecule has 0 aromatic rings. The van der Waals surface area contributed by atoms with Crippen molar-refractivity contribution in [3.63, 3.8) is 0 Å². The number of aliphatic carboxylic acids is 1. The minimum atomic E-state index is -1.98. The molecule has 0 radical (unpaired) electrons. The van der Waals surface area contributed by atoms with Crippen molar-refractivity contribution < 1.29 is 14.3 Å². The fourth-order valence-electron chi connectivity index (χ4n) is 2.56. The van der Waals surface area contributed by atoms with Gasteiger partial charge in [-0.25, -0.2) is 9.18 Å². The zero-order chi connectivity index (χ0) is 10.2. The van der Waals surface area contributed by atoms with Gasteiger partial charge in [0.1, 0.15) is 0 Å². The molecule has 2 fully saturated rings. The van der Waals surface area contributed by atoms with Gasteiger partial charge >= 0.3 is 5.97 Å². The summed E-state index contributed by atoms with van der Waals surface area (Å²) in [5.41, 5.74) is -1.98. The molecule has 1 aliphatic carbocycles. The first kappa shape index (κ1) is 9.90. The first-order chi connectivity index (χ1) is 6.62. The van der Waals surface area contributed by atoms with Crippen molar-refractivity contribution in [1.82, 2.24) is 4.90 Å². The van der Waals surface area contributed by atoms with E-state index < -0.39 is 11.6 Å². The number of hydrogen-bond donors (Lipinski definition) is 1. The van der Waals surface area contributed by atoms with E-state index in [-0.39, 0.29) is 13.0 Å². The van der Waals surface area contributed by atoms with E-state index in [1.165, 1.54) is 12.8 Å². The monoisotopic (exact) mass is 201 g/mol. The molecule has 1 aliphatic heterocycles. The second-order valence-corrected chi connectivity index (χ2v) is 4.43. The lowest BCUT2D eigenvalue weighted by atomic mass is 10.1. The second kappa shape index (κ2) is 3.50. The number of halogens is 1. The summed E-state index contributed by atoms with van der Waals surface area (Å²) in [7, 11) is 0. The van der Waals surface area contributed by atoms with Crippen LogP contribution in [0, 0.1) is 0 Å². The number of carboxylic acid groups (broad SMARTS) is 1. The molecule has 0 aromatic heterocycles. The molecule has 1 atom stereocenters. The standard InChI is InChI=1S/C10H16FNO2/c11-10(9(13)14)5-6-12(7-10)8-3-1-2-4-8/h8H,1-7H2,(H,13,14). The summed E-state index contributed by atoms with van der Waals surface area (Å²) in [6.07, 6.45) is 4.77. The van der Waals surface area contributed by atoms with Gasteiger partial charge in [-0.1, -0.05) is 12.8 Å². The summed E-state index contributed by atoms with van der Waals surface area (Å²) in [5.74, 6) is -1.29. The normalized spacial score (nSPS) is 35.2. The molecule has 1 heterocycles. The Morgan fingerprint density at radius 3 is 2.57 bits per heavy atom. The van der Waals surface area contributed by atoms with Gasteiger partial charge in [0.25, 0.3) is 0 Å². The van der Waals surface area contributed by atoms with Gasteiger partial charge in [-0.05, 0) is 12.8 Å². The molecule has 0 bridgehead atoms. The third-order valence-corrected chi connectivity index (χ3v) is 3.47. The van der Waals surface area contributed by atoms with E-state index in [1.807, 2.05) is 4.90 Å². The zero-order valence-electron chi connectivity index (χ0n) is 8.21. The predicted molar refractivity (Wildman–Crippen MR) is 49.9 cm³/mol. The third-order valence-electron chi connectivity index (χ3n) is 3.47. The Kier molecular flexibility index (Phi) is 2.47. The van der Waals surface area contributed by atoms with Crippen LogP contribution in [-0.2, 0) is 4.79 Å².